The smallest absolute Gasteiger partial charge is 0.343 e. The van der Waals surface area contributed by atoms with E-state index >= 15 is 0 Å². The fourth-order valence-corrected chi connectivity index (χ4v) is 2.26. The Labute approximate surface area is 137 Å². The van der Waals surface area contributed by atoms with Crippen LogP contribution in [0.1, 0.15) is 11.1 Å². The molecule has 2 aromatic carbocycles. The summed E-state index contributed by atoms with van der Waals surface area (Å²) in [5.41, 5.74) is 1.83. The van der Waals surface area contributed by atoms with Gasteiger partial charge in [0, 0.05) is 17.7 Å². The molecular weight excluding hydrogens is 310 g/mol. The van der Waals surface area contributed by atoms with E-state index in [9.17, 15) is 14.9 Å². The van der Waals surface area contributed by atoms with Gasteiger partial charge in [-0.1, -0.05) is 0 Å². The molecule has 1 aliphatic heterocycles. The van der Waals surface area contributed by atoms with E-state index in [2.05, 4.69) is 0 Å². The highest BCUT2D eigenvalue weighted by Gasteiger charge is 2.22. The molecule has 0 unspecified atom stereocenters. The highest BCUT2D eigenvalue weighted by Crippen LogP contribution is 2.28. The van der Waals surface area contributed by atoms with Gasteiger partial charge in [0.1, 0.15) is 11.5 Å². The summed E-state index contributed by atoms with van der Waals surface area (Å²) in [5, 5.41) is 10.7. The molecule has 0 atom stereocenters. The highest BCUT2D eigenvalue weighted by atomic mass is 16.6. The minimum Gasteiger partial charge on any atom is -0.497 e. The first-order valence-electron chi connectivity index (χ1n) is 7.11. The first-order valence-corrected chi connectivity index (χ1v) is 7.11. The zero-order valence-electron chi connectivity index (χ0n) is 12.8. The summed E-state index contributed by atoms with van der Waals surface area (Å²) < 4.78 is 10.4. The van der Waals surface area contributed by atoms with Gasteiger partial charge in [-0.15, -0.1) is 0 Å². The first kappa shape index (κ1) is 15.5. The Bertz CT molecular complexity index is 848. The lowest BCUT2D eigenvalue weighted by atomic mass is 10.1. The Balaban J connectivity index is 1.86. The topological polar surface area (TPSA) is 78.7 Å². The lowest BCUT2D eigenvalue weighted by Gasteiger charge is -2.03. The van der Waals surface area contributed by atoms with Crippen LogP contribution in [0.15, 0.2) is 60.2 Å². The molecule has 0 amide bonds. The average Bonchev–Trinajstić information content (AvgIpc) is 2.96. The van der Waals surface area contributed by atoms with Crippen LogP contribution in [0.3, 0.4) is 0 Å². The quantitative estimate of drug-likeness (QED) is 0.372. The van der Waals surface area contributed by atoms with Gasteiger partial charge in [0.15, 0.2) is 0 Å². The van der Waals surface area contributed by atoms with E-state index in [1.54, 1.807) is 55.7 Å². The van der Waals surface area contributed by atoms with Crippen molar-refractivity contribution in [1.29, 1.82) is 0 Å². The van der Waals surface area contributed by atoms with Gasteiger partial charge in [-0.3, -0.25) is 10.1 Å². The van der Waals surface area contributed by atoms with Crippen LogP contribution in [-0.4, -0.2) is 18.0 Å². The van der Waals surface area contributed by atoms with Crippen molar-refractivity contribution in [2.45, 2.75) is 0 Å². The molecule has 0 saturated carbocycles. The van der Waals surface area contributed by atoms with E-state index in [0.29, 0.717) is 22.6 Å². The van der Waals surface area contributed by atoms with Gasteiger partial charge in [0.2, 0.25) is 0 Å². The van der Waals surface area contributed by atoms with Crippen LogP contribution in [0.5, 0.6) is 5.75 Å². The SMILES string of the molecule is COc1ccc(C2=CC(=Cc3ccc([N+](=O)[O-])cc3)C(=O)O2)cc1. The molecule has 3 rings (SSSR count). The predicted octanol–water partition coefficient (Wildman–Crippen LogP) is 3.58. The summed E-state index contributed by atoms with van der Waals surface area (Å²) in [6, 6.07) is 13.1. The molecule has 0 radical (unpaired) electrons. The fourth-order valence-electron chi connectivity index (χ4n) is 2.26. The van der Waals surface area contributed by atoms with Gasteiger partial charge >= 0.3 is 5.97 Å². The number of hydrogen-bond acceptors (Lipinski definition) is 5. The first-order chi connectivity index (χ1) is 11.6. The van der Waals surface area contributed by atoms with E-state index in [1.807, 2.05) is 0 Å². The molecule has 120 valence electrons. The van der Waals surface area contributed by atoms with Crippen molar-refractivity contribution in [3.63, 3.8) is 0 Å². The minimum absolute atomic E-state index is 0.000567. The molecule has 0 aliphatic carbocycles. The third-order valence-corrected chi connectivity index (χ3v) is 3.53. The molecule has 0 fully saturated rings. The van der Waals surface area contributed by atoms with E-state index in [-0.39, 0.29) is 5.69 Å². The molecule has 1 heterocycles. The summed E-state index contributed by atoms with van der Waals surface area (Å²) in [6.07, 6.45) is 3.27. The van der Waals surface area contributed by atoms with E-state index in [4.69, 9.17) is 9.47 Å². The van der Waals surface area contributed by atoms with Gasteiger partial charge in [-0.25, -0.2) is 4.79 Å². The maximum atomic E-state index is 12.0. The summed E-state index contributed by atoms with van der Waals surface area (Å²) in [4.78, 5) is 22.2. The Kier molecular flexibility index (Phi) is 4.11. The van der Waals surface area contributed by atoms with Crippen molar-refractivity contribution in [3.05, 3.63) is 81.4 Å². The second-order valence-corrected chi connectivity index (χ2v) is 5.07. The largest absolute Gasteiger partial charge is 0.497 e. The second-order valence-electron chi connectivity index (χ2n) is 5.07. The van der Waals surface area contributed by atoms with Gasteiger partial charge in [0.05, 0.1) is 17.6 Å². The van der Waals surface area contributed by atoms with Crippen molar-refractivity contribution in [3.8, 4) is 5.75 Å². The number of carbonyl (C=O) groups excluding carboxylic acids is 1. The molecule has 0 bridgehead atoms. The van der Waals surface area contributed by atoms with E-state index in [0.717, 1.165) is 5.56 Å². The Morgan fingerprint density at radius 3 is 2.33 bits per heavy atom. The maximum Gasteiger partial charge on any atom is 0.343 e. The van der Waals surface area contributed by atoms with E-state index < -0.39 is 10.9 Å². The Hall–Kier alpha value is -3.41. The van der Waals surface area contributed by atoms with Crippen LogP contribution in [0.2, 0.25) is 0 Å². The van der Waals surface area contributed by atoms with Crippen LogP contribution in [0.25, 0.3) is 11.8 Å². The molecular formula is C18H13NO5. The van der Waals surface area contributed by atoms with Crippen molar-refractivity contribution < 1.29 is 19.2 Å². The van der Waals surface area contributed by atoms with Gasteiger partial charge in [-0.2, -0.15) is 0 Å². The van der Waals surface area contributed by atoms with Crippen molar-refractivity contribution >= 4 is 23.5 Å². The van der Waals surface area contributed by atoms with Gasteiger partial charge in [-0.05, 0) is 54.1 Å². The number of esters is 1. The lowest BCUT2D eigenvalue weighted by Crippen LogP contribution is -1.97. The van der Waals surface area contributed by atoms with Crippen LogP contribution in [0, 0.1) is 10.1 Å². The van der Waals surface area contributed by atoms with Crippen LogP contribution in [0.4, 0.5) is 5.69 Å². The molecule has 0 saturated heterocycles. The van der Waals surface area contributed by atoms with Gasteiger partial charge in [0.25, 0.3) is 5.69 Å². The van der Waals surface area contributed by atoms with Gasteiger partial charge < -0.3 is 9.47 Å². The summed E-state index contributed by atoms with van der Waals surface area (Å²) in [6.45, 7) is 0. The lowest BCUT2D eigenvalue weighted by molar-refractivity contribution is -0.384. The Morgan fingerprint density at radius 2 is 1.75 bits per heavy atom. The third kappa shape index (κ3) is 3.17. The predicted molar refractivity (Wildman–Crippen MR) is 88.1 cm³/mol. The number of non-ortho nitro benzene ring substituents is 1. The molecule has 0 aromatic heterocycles. The number of nitrogens with zero attached hydrogens (tertiary/aromatic N) is 1. The summed E-state index contributed by atoms with van der Waals surface area (Å²) in [5.74, 6) is 0.709. The molecule has 1 aliphatic rings. The average molecular weight is 323 g/mol. The maximum absolute atomic E-state index is 12.0. The number of hydrogen-bond donors (Lipinski definition) is 0. The number of nitro groups is 1. The molecule has 6 heteroatoms. The summed E-state index contributed by atoms with van der Waals surface area (Å²) in [7, 11) is 1.58. The zero-order valence-corrected chi connectivity index (χ0v) is 12.8. The zero-order chi connectivity index (χ0) is 17.1. The van der Waals surface area contributed by atoms with Crippen LogP contribution >= 0.6 is 0 Å². The van der Waals surface area contributed by atoms with Crippen LogP contribution < -0.4 is 4.74 Å². The number of benzene rings is 2. The highest BCUT2D eigenvalue weighted by molar-refractivity contribution is 6.05. The molecule has 0 spiro atoms. The van der Waals surface area contributed by atoms with Crippen molar-refractivity contribution in [2.24, 2.45) is 0 Å². The van der Waals surface area contributed by atoms with Crippen molar-refractivity contribution in [1.82, 2.24) is 0 Å². The van der Waals surface area contributed by atoms with Crippen molar-refractivity contribution in [2.75, 3.05) is 7.11 Å². The minimum atomic E-state index is -0.470. The number of nitro benzene ring substituents is 1. The number of carbonyl (C=O) groups is 1. The third-order valence-electron chi connectivity index (χ3n) is 3.53. The molecule has 24 heavy (non-hydrogen) atoms. The Morgan fingerprint density at radius 1 is 1.08 bits per heavy atom. The standard InChI is InChI=1S/C18H13NO5/c1-23-16-8-4-13(5-9-16)17-11-14(18(20)24-17)10-12-2-6-15(7-3-12)19(21)22/h2-11H,1H3. The number of ether oxygens (including phenoxy) is 2. The monoisotopic (exact) mass is 323 g/mol. The molecule has 2 aromatic rings. The second kappa shape index (κ2) is 6.37. The molecule has 6 nitrogen and oxygen atoms in total. The normalized spacial score (nSPS) is 15.1. The summed E-state index contributed by atoms with van der Waals surface area (Å²) >= 11 is 0. The van der Waals surface area contributed by atoms with E-state index in [1.165, 1.54) is 12.1 Å². The van der Waals surface area contributed by atoms with Crippen LogP contribution in [-0.2, 0) is 9.53 Å². The number of rotatable bonds is 4. The molecule has 0 N–H and O–H groups in total. The fraction of sp³-hybridized carbons (Fsp3) is 0.0556. The number of cyclic esters (lactones) is 1. The number of methoxy groups -OCH3 is 1.